The first-order valence-electron chi connectivity index (χ1n) is 7.63. The van der Waals surface area contributed by atoms with Crippen LogP contribution in [0.3, 0.4) is 0 Å². The van der Waals surface area contributed by atoms with Crippen LogP contribution < -0.4 is 5.73 Å². The van der Waals surface area contributed by atoms with Crippen LogP contribution in [0.5, 0.6) is 0 Å². The third-order valence-electron chi connectivity index (χ3n) is 4.67. The number of fused-ring (bicyclic) bond motifs is 1. The predicted octanol–water partition coefficient (Wildman–Crippen LogP) is 1.90. The van der Waals surface area contributed by atoms with Crippen molar-refractivity contribution in [3.05, 3.63) is 36.0 Å². The molecule has 2 aromatic rings. The van der Waals surface area contributed by atoms with Crippen molar-refractivity contribution in [1.82, 2.24) is 9.47 Å². The molecule has 0 unspecified atom stereocenters. The number of carbonyl (C=O) groups excluding carboxylic acids is 2. The number of carbonyl (C=O) groups is 2. The van der Waals surface area contributed by atoms with Gasteiger partial charge in [0.15, 0.2) is 0 Å². The molecule has 5 nitrogen and oxygen atoms in total. The number of rotatable bonds is 2. The van der Waals surface area contributed by atoms with Crippen molar-refractivity contribution in [1.29, 1.82) is 0 Å². The molecule has 1 fully saturated rings. The Labute approximate surface area is 129 Å². The lowest BCUT2D eigenvalue weighted by molar-refractivity contribution is -0.123. The average molecular weight is 299 g/mol. The molecule has 5 heteroatoms. The van der Waals surface area contributed by atoms with Crippen LogP contribution in [0.1, 0.15) is 30.1 Å². The molecular formula is C17H21N3O2. The van der Waals surface area contributed by atoms with Crippen molar-refractivity contribution in [2.24, 2.45) is 18.7 Å². The molecule has 0 aliphatic carbocycles. The zero-order valence-corrected chi connectivity index (χ0v) is 13.0. The summed E-state index contributed by atoms with van der Waals surface area (Å²) < 4.78 is 1.96. The van der Waals surface area contributed by atoms with Crippen LogP contribution in [-0.4, -0.2) is 33.9 Å². The van der Waals surface area contributed by atoms with Gasteiger partial charge in [0.25, 0.3) is 5.91 Å². The van der Waals surface area contributed by atoms with E-state index in [0.717, 1.165) is 23.7 Å². The second-order valence-corrected chi connectivity index (χ2v) is 6.15. The van der Waals surface area contributed by atoms with Gasteiger partial charge in [-0.1, -0.05) is 18.2 Å². The third kappa shape index (κ3) is 2.36. The summed E-state index contributed by atoms with van der Waals surface area (Å²) in [4.78, 5) is 26.2. The molecule has 116 valence electrons. The number of hydrogen-bond acceptors (Lipinski definition) is 2. The van der Waals surface area contributed by atoms with Gasteiger partial charge in [-0.15, -0.1) is 0 Å². The molecule has 2 heterocycles. The molecule has 3 rings (SSSR count). The maximum absolute atomic E-state index is 13.0. The van der Waals surface area contributed by atoms with Gasteiger partial charge >= 0.3 is 0 Å². The van der Waals surface area contributed by atoms with Gasteiger partial charge in [0.1, 0.15) is 0 Å². The highest BCUT2D eigenvalue weighted by Gasteiger charge is 2.33. The van der Waals surface area contributed by atoms with Crippen LogP contribution in [0.4, 0.5) is 0 Å². The van der Waals surface area contributed by atoms with E-state index in [1.54, 1.807) is 4.90 Å². The van der Waals surface area contributed by atoms with Gasteiger partial charge in [0.2, 0.25) is 5.91 Å². The van der Waals surface area contributed by atoms with Gasteiger partial charge in [-0.25, -0.2) is 0 Å². The summed E-state index contributed by atoms with van der Waals surface area (Å²) >= 11 is 0. The Hall–Kier alpha value is -2.30. The molecule has 0 radical (unpaired) electrons. The fourth-order valence-electron chi connectivity index (χ4n) is 3.29. The summed E-state index contributed by atoms with van der Waals surface area (Å²) in [5.41, 5.74) is 7.15. The molecule has 2 N–H and O–H groups in total. The van der Waals surface area contributed by atoms with Crippen LogP contribution in [0.15, 0.2) is 30.5 Å². The topological polar surface area (TPSA) is 68.3 Å². The highest BCUT2D eigenvalue weighted by atomic mass is 16.2. The van der Waals surface area contributed by atoms with Crippen molar-refractivity contribution in [2.45, 2.75) is 25.8 Å². The van der Waals surface area contributed by atoms with Gasteiger partial charge in [0.05, 0.1) is 11.5 Å². The van der Waals surface area contributed by atoms with Crippen LogP contribution in [0.25, 0.3) is 10.9 Å². The minimum absolute atomic E-state index is 0.0183. The number of nitrogens with two attached hydrogens (primary N) is 1. The van der Waals surface area contributed by atoms with Crippen molar-refractivity contribution >= 4 is 22.7 Å². The molecule has 1 aliphatic rings. The average Bonchev–Trinajstić information content (AvgIpc) is 2.84. The van der Waals surface area contributed by atoms with E-state index in [1.807, 2.05) is 49.0 Å². The minimum Gasteiger partial charge on any atom is -0.369 e. The zero-order valence-electron chi connectivity index (χ0n) is 13.0. The van der Waals surface area contributed by atoms with Gasteiger partial charge in [-0.05, 0) is 25.8 Å². The molecule has 0 spiro atoms. The lowest BCUT2D eigenvalue weighted by atomic mass is 9.92. The molecular weight excluding hydrogens is 278 g/mol. The normalized spacial score (nSPS) is 22.0. The number of para-hydroxylation sites is 1. The molecule has 22 heavy (non-hydrogen) atoms. The van der Waals surface area contributed by atoms with E-state index < -0.39 is 0 Å². The Bertz CT molecular complexity index is 735. The SMILES string of the molecule is C[C@@H]1CC[C@H](C(N)=O)CN1C(=O)c1cn(C)c2ccccc12. The second-order valence-electron chi connectivity index (χ2n) is 6.15. The monoisotopic (exact) mass is 299 g/mol. The summed E-state index contributed by atoms with van der Waals surface area (Å²) in [7, 11) is 1.94. The van der Waals surface area contributed by atoms with E-state index in [-0.39, 0.29) is 23.8 Å². The number of benzene rings is 1. The molecule has 1 aliphatic heterocycles. The molecule has 1 aromatic heterocycles. The summed E-state index contributed by atoms with van der Waals surface area (Å²) in [5, 5.41) is 0.948. The summed E-state index contributed by atoms with van der Waals surface area (Å²) in [6, 6.07) is 7.98. The number of amides is 2. The Balaban J connectivity index is 1.96. The van der Waals surface area contributed by atoms with E-state index in [2.05, 4.69) is 0 Å². The molecule has 2 atom stereocenters. The van der Waals surface area contributed by atoms with E-state index in [0.29, 0.717) is 12.1 Å². The predicted molar refractivity (Wildman–Crippen MR) is 85.3 cm³/mol. The lowest BCUT2D eigenvalue weighted by Gasteiger charge is -2.36. The molecule has 1 aromatic carbocycles. The maximum Gasteiger partial charge on any atom is 0.256 e. The second kappa shape index (κ2) is 5.48. The van der Waals surface area contributed by atoms with Crippen molar-refractivity contribution in [3.8, 4) is 0 Å². The summed E-state index contributed by atoms with van der Waals surface area (Å²) in [6.07, 6.45) is 3.44. The van der Waals surface area contributed by atoms with Crippen molar-refractivity contribution < 1.29 is 9.59 Å². The first kappa shape index (κ1) is 14.6. The third-order valence-corrected chi connectivity index (χ3v) is 4.67. The summed E-state index contributed by atoms with van der Waals surface area (Å²) in [5.74, 6) is -0.576. The van der Waals surface area contributed by atoms with Gasteiger partial charge < -0.3 is 15.2 Å². The van der Waals surface area contributed by atoms with Gasteiger partial charge in [-0.2, -0.15) is 0 Å². The molecule has 0 bridgehead atoms. The number of aromatic nitrogens is 1. The van der Waals surface area contributed by atoms with E-state index in [1.165, 1.54) is 0 Å². The number of primary amides is 1. The van der Waals surface area contributed by atoms with E-state index >= 15 is 0 Å². The molecule has 0 saturated carbocycles. The molecule has 1 saturated heterocycles. The first-order valence-corrected chi connectivity index (χ1v) is 7.63. The van der Waals surface area contributed by atoms with Crippen LogP contribution in [0.2, 0.25) is 0 Å². The highest BCUT2D eigenvalue weighted by molar-refractivity contribution is 6.07. The largest absolute Gasteiger partial charge is 0.369 e. The molecule has 2 amide bonds. The number of hydrogen-bond donors (Lipinski definition) is 1. The number of nitrogens with zero attached hydrogens (tertiary/aromatic N) is 2. The van der Waals surface area contributed by atoms with Crippen LogP contribution in [-0.2, 0) is 11.8 Å². The standard InChI is InChI=1S/C17H21N3O2/c1-11-7-8-12(16(18)21)9-20(11)17(22)14-10-19(2)15-6-4-3-5-13(14)15/h3-6,10-12H,7-9H2,1-2H3,(H2,18,21)/t11-,12+/m1/s1. The maximum atomic E-state index is 13.0. The smallest absolute Gasteiger partial charge is 0.256 e. The Morgan fingerprint density at radius 1 is 1.23 bits per heavy atom. The summed E-state index contributed by atoms with van der Waals surface area (Å²) in [6.45, 7) is 2.44. The van der Waals surface area contributed by atoms with Gasteiger partial charge in [-0.3, -0.25) is 9.59 Å². The van der Waals surface area contributed by atoms with Crippen LogP contribution >= 0.6 is 0 Å². The Kier molecular flexibility index (Phi) is 3.64. The minimum atomic E-state index is -0.317. The Morgan fingerprint density at radius 2 is 1.95 bits per heavy atom. The number of likely N-dealkylation sites (tertiary alicyclic amines) is 1. The zero-order chi connectivity index (χ0) is 15.9. The van der Waals surface area contributed by atoms with Crippen molar-refractivity contribution in [3.63, 3.8) is 0 Å². The van der Waals surface area contributed by atoms with E-state index in [4.69, 9.17) is 5.73 Å². The van der Waals surface area contributed by atoms with Crippen LogP contribution in [0, 0.1) is 5.92 Å². The number of aryl methyl sites for hydroxylation is 1. The number of piperidine rings is 1. The van der Waals surface area contributed by atoms with Crippen molar-refractivity contribution in [2.75, 3.05) is 6.54 Å². The quantitative estimate of drug-likeness (QED) is 0.920. The Morgan fingerprint density at radius 3 is 2.68 bits per heavy atom. The van der Waals surface area contributed by atoms with Gasteiger partial charge in [0, 0.05) is 36.7 Å². The lowest BCUT2D eigenvalue weighted by Crippen LogP contribution is -2.48. The fourth-order valence-corrected chi connectivity index (χ4v) is 3.29. The van der Waals surface area contributed by atoms with E-state index in [9.17, 15) is 9.59 Å². The fraction of sp³-hybridized carbons (Fsp3) is 0.412. The highest BCUT2D eigenvalue weighted by Crippen LogP contribution is 2.27. The first-order chi connectivity index (χ1) is 10.5.